The molecule has 0 heterocycles. The van der Waals surface area contributed by atoms with Crippen molar-refractivity contribution in [3.8, 4) is 0 Å². The summed E-state index contributed by atoms with van der Waals surface area (Å²) in [5, 5.41) is 16.7. The van der Waals surface area contributed by atoms with Gasteiger partial charge in [0.15, 0.2) is 0 Å². The molecule has 0 spiro atoms. The maximum atomic E-state index is 12.0. The Kier molecular flexibility index (Phi) is 5.38. The van der Waals surface area contributed by atoms with Gasteiger partial charge < -0.3 is 10.4 Å². The number of aliphatic carboxylic acids is 1. The second-order valence-electron chi connectivity index (χ2n) is 5.88. The fraction of sp³-hybridized carbons (Fsp3) is 0.467. The number of amides is 1. The molecular weight excluding hydrogens is 320 g/mol. The Morgan fingerprint density at radius 2 is 1.87 bits per heavy atom. The molecule has 4 N–H and O–H groups in total. The molecule has 1 fully saturated rings. The zero-order valence-corrected chi connectivity index (χ0v) is 13.4. The van der Waals surface area contributed by atoms with Crippen LogP contribution in [-0.2, 0) is 19.6 Å². The van der Waals surface area contributed by atoms with E-state index in [1.54, 1.807) is 6.07 Å². The highest BCUT2D eigenvalue weighted by Crippen LogP contribution is 2.31. The summed E-state index contributed by atoms with van der Waals surface area (Å²) < 4.78 is 22.6. The molecule has 8 heteroatoms. The van der Waals surface area contributed by atoms with Crippen molar-refractivity contribution in [2.45, 2.75) is 37.0 Å². The van der Waals surface area contributed by atoms with Crippen molar-refractivity contribution in [3.05, 3.63) is 24.3 Å². The summed E-state index contributed by atoms with van der Waals surface area (Å²) in [7, 11) is -3.81. The molecule has 1 aromatic carbocycles. The number of carboxylic acids is 1. The largest absolute Gasteiger partial charge is 0.481 e. The quantitative estimate of drug-likeness (QED) is 0.749. The second kappa shape index (κ2) is 7.10. The minimum absolute atomic E-state index is 0.0581. The first-order chi connectivity index (χ1) is 10.8. The third kappa shape index (κ3) is 5.04. The van der Waals surface area contributed by atoms with E-state index in [1.165, 1.54) is 18.2 Å². The van der Waals surface area contributed by atoms with Crippen molar-refractivity contribution in [3.63, 3.8) is 0 Å². The molecule has 1 aliphatic carbocycles. The molecule has 1 amide bonds. The van der Waals surface area contributed by atoms with Crippen LogP contribution in [0.4, 0.5) is 5.69 Å². The molecule has 0 radical (unpaired) electrons. The van der Waals surface area contributed by atoms with Crippen molar-refractivity contribution >= 4 is 27.6 Å². The molecule has 1 saturated carbocycles. The lowest BCUT2D eigenvalue weighted by molar-refractivity contribution is -0.143. The number of rotatable bonds is 5. The Morgan fingerprint density at radius 1 is 1.22 bits per heavy atom. The minimum Gasteiger partial charge on any atom is -0.481 e. The molecule has 0 atom stereocenters. The predicted octanol–water partition coefficient (Wildman–Crippen LogP) is 1.55. The third-order valence-corrected chi connectivity index (χ3v) is 5.03. The highest BCUT2D eigenvalue weighted by Gasteiger charge is 2.27. The van der Waals surface area contributed by atoms with Crippen LogP contribution in [0, 0.1) is 11.8 Å². The Morgan fingerprint density at radius 3 is 2.43 bits per heavy atom. The number of hydrogen-bond donors (Lipinski definition) is 3. The minimum atomic E-state index is -3.81. The standard InChI is InChI=1S/C15H20N2O5S/c16-23(21,22)13-3-1-2-12(9-13)17-14(18)8-10-4-6-11(7-5-10)15(19)20/h1-3,9-11H,4-8H2,(H,17,18)(H,19,20)(H2,16,21,22). The highest BCUT2D eigenvalue weighted by atomic mass is 32.2. The number of benzene rings is 1. The van der Waals surface area contributed by atoms with E-state index >= 15 is 0 Å². The van der Waals surface area contributed by atoms with Crippen LogP contribution < -0.4 is 10.5 Å². The molecule has 126 valence electrons. The van der Waals surface area contributed by atoms with E-state index in [9.17, 15) is 18.0 Å². The van der Waals surface area contributed by atoms with Crippen LogP contribution in [-0.4, -0.2) is 25.4 Å². The summed E-state index contributed by atoms with van der Waals surface area (Å²) in [6, 6.07) is 5.77. The summed E-state index contributed by atoms with van der Waals surface area (Å²) in [6.45, 7) is 0. The van der Waals surface area contributed by atoms with Crippen LogP contribution in [0.5, 0.6) is 0 Å². The first-order valence-electron chi connectivity index (χ1n) is 7.41. The van der Waals surface area contributed by atoms with Gasteiger partial charge in [0.25, 0.3) is 0 Å². The van der Waals surface area contributed by atoms with Crippen molar-refractivity contribution < 1.29 is 23.1 Å². The average Bonchev–Trinajstić information content (AvgIpc) is 2.47. The number of primary sulfonamides is 1. The zero-order chi connectivity index (χ0) is 17.0. The van der Waals surface area contributed by atoms with Gasteiger partial charge in [0.1, 0.15) is 0 Å². The van der Waals surface area contributed by atoms with Crippen molar-refractivity contribution in [2.24, 2.45) is 17.0 Å². The van der Waals surface area contributed by atoms with E-state index in [4.69, 9.17) is 10.2 Å². The molecular formula is C15H20N2O5S. The lowest BCUT2D eigenvalue weighted by atomic mass is 9.80. The predicted molar refractivity (Wildman–Crippen MR) is 84.1 cm³/mol. The van der Waals surface area contributed by atoms with Crippen LogP contribution in [0.25, 0.3) is 0 Å². The number of hydrogen-bond acceptors (Lipinski definition) is 4. The van der Waals surface area contributed by atoms with Crippen molar-refractivity contribution in [2.75, 3.05) is 5.32 Å². The normalized spacial score (nSPS) is 21.6. The van der Waals surface area contributed by atoms with Gasteiger partial charge in [-0.25, -0.2) is 13.6 Å². The number of carboxylic acid groups (broad SMARTS) is 1. The maximum Gasteiger partial charge on any atom is 0.306 e. The number of nitrogens with two attached hydrogens (primary N) is 1. The van der Waals surface area contributed by atoms with Crippen molar-refractivity contribution in [1.82, 2.24) is 0 Å². The van der Waals surface area contributed by atoms with Gasteiger partial charge in [0.2, 0.25) is 15.9 Å². The molecule has 0 bridgehead atoms. The van der Waals surface area contributed by atoms with E-state index in [-0.39, 0.29) is 22.6 Å². The summed E-state index contributed by atoms with van der Waals surface area (Å²) >= 11 is 0. The molecule has 23 heavy (non-hydrogen) atoms. The summed E-state index contributed by atoms with van der Waals surface area (Å²) in [5.41, 5.74) is 0.376. The van der Waals surface area contributed by atoms with Crippen molar-refractivity contribution in [1.29, 1.82) is 0 Å². The Balaban J connectivity index is 1.90. The van der Waals surface area contributed by atoms with E-state index in [2.05, 4.69) is 5.32 Å². The van der Waals surface area contributed by atoms with Gasteiger partial charge in [-0.1, -0.05) is 6.07 Å². The van der Waals surface area contributed by atoms with Gasteiger partial charge in [0, 0.05) is 12.1 Å². The molecule has 0 aromatic heterocycles. The molecule has 1 aliphatic rings. The Bertz CT molecular complexity index is 694. The molecule has 7 nitrogen and oxygen atoms in total. The summed E-state index contributed by atoms with van der Waals surface area (Å²) in [6.07, 6.45) is 2.90. The van der Waals surface area contributed by atoms with Gasteiger partial charge in [-0.05, 0) is 49.8 Å². The van der Waals surface area contributed by atoms with E-state index in [0.717, 1.165) is 0 Å². The number of sulfonamides is 1. The molecule has 0 unspecified atom stereocenters. The average molecular weight is 340 g/mol. The second-order valence-corrected chi connectivity index (χ2v) is 7.44. The van der Waals surface area contributed by atoms with Gasteiger partial charge >= 0.3 is 5.97 Å². The van der Waals surface area contributed by atoms with E-state index in [0.29, 0.717) is 37.8 Å². The number of nitrogens with one attached hydrogen (secondary N) is 1. The number of carbonyl (C=O) groups is 2. The Hall–Kier alpha value is -1.93. The van der Waals surface area contributed by atoms with Crippen LogP contribution in [0.3, 0.4) is 0 Å². The number of carbonyl (C=O) groups excluding carboxylic acids is 1. The van der Waals surface area contributed by atoms with Crippen LogP contribution in [0.2, 0.25) is 0 Å². The Labute approximate surface area is 134 Å². The third-order valence-electron chi connectivity index (χ3n) is 4.12. The maximum absolute atomic E-state index is 12.0. The lowest BCUT2D eigenvalue weighted by Crippen LogP contribution is -2.24. The summed E-state index contributed by atoms with van der Waals surface area (Å²) in [5.74, 6) is -1.13. The topological polar surface area (TPSA) is 127 Å². The van der Waals surface area contributed by atoms with Crippen LogP contribution >= 0.6 is 0 Å². The smallest absolute Gasteiger partial charge is 0.306 e. The fourth-order valence-electron chi connectivity index (χ4n) is 2.84. The first kappa shape index (κ1) is 17.4. The molecule has 1 aromatic rings. The van der Waals surface area contributed by atoms with Gasteiger partial charge in [-0.2, -0.15) is 0 Å². The monoisotopic (exact) mass is 340 g/mol. The molecule has 2 rings (SSSR count). The SMILES string of the molecule is NS(=O)(=O)c1cccc(NC(=O)CC2CCC(C(=O)O)CC2)c1. The fourth-order valence-corrected chi connectivity index (χ4v) is 3.40. The van der Waals surface area contributed by atoms with Crippen LogP contribution in [0.15, 0.2) is 29.2 Å². The van der Waals surface area contributed by atoms with Crippen LogP contribution in [0.1, 0.15) is 32.1 Å². The van der Waals surface area contributed by atoms with Gasteiger partial charge in [0.05, 0.1) is 10.8 Å². The summed E-state index contributed by atoms with van der Waals surface area (Å²) in [4.78, 5) is 22.9. The zero-order valence-electron chi connectivity index (χ0n) is 12.6. The lowest BCUT2D eigenvalue weighted by Gasteiger charge is -2.25. The van der Waals surface area contributed by atoms with E-state index in [1.807, 2.05) is 0 Å². The van der Waals surface area contributed by atoms with Gasteiger partial charge in [-0.3, -0.25) is 9.59 Å². The van der Waals surface area contributed by atoms with E-state index < -0.39 is 16.0 Å². The number of anilines is 1. The first-order valence-corrected chi connectivity index (χ1v) is 8.96. The molecule has 0 saturated heterocycles. The highest BCUT2D eigenvalue weighted by molar-refractivity contribution is 7.89. The van der Waals surface area contributed by atoms with Gasteiger partial charge in [-0.15, -0.1) is 0 Å². The molecule has 0 aliphatic heterocycles.